The van der Waals surface area contributed by atoms with Crippen molar-refractivity contribution in [3.05, 3.63) is 29.3 Å². The Labute approximate surface area is 131 Å². The number of carbonyl (C=O) groups is 1. The minimum absolute atomic E-state index is 0.269. The number of nitrogens with zero attached hydrogens (tertiary/aromatic N) is 2. The van der Waals surface area contributed by atoms with Gasteiger partial charge >= 0.3 is 0 Å². The van der Waals surface area contributed by atoms with Crippen LogP contribution in [-0.4, -0.2) is 43.5 Å². The van der Waals surface area contributed by atoms with Crippen molar-refractivity contribution in [2.45, 2.75) is 25.7 Å². The van der Waals surface area contributed by atoms with Gasteiger partial charge in [0.2, 0.25) is 5.91 Å². The first kappa shape index (κ1) is 16.1. The summed E-state index contributed by atoms with van der Waals surface area (Å²) in [6, 6.07) is 7.88. The van der Waals surface area contributed by atoms with Gasteiger partial charge in [0.25, 0.3) is 0 Å². The van der Waals surface area contributed by atoms with Crippen molar-refractivity contribution in [1.29, 1.82) is 0 Å². The number of benzene rings is 1. The Morgan fingerprint density at radius 3 is 2.48 bits per heavy atom. The number of anilines is 1. The van der Waals surface area contributed by atoms with Gasteiger partial charge in [0, 0.05) is 32.6 Å². The summed E-state index contributed by atoms with van der Waals surface area (Å²) in [5.74, 6) is 0.269. The Morgan fingerprint density at radius 1 is 1.10 bits per heavy atom. The number of para-hydroxylation sites is 1. The summed E-state index contributed by atoms with van der Waals surface area (Å²) in [5.41, 5.74) is 6.52. The van der Waals surface area contributed by atoms with Crippen LogP contribution in [0, 0.1) is 0 Å². The first-order valence-corrected chi connectivity index (χ1v) is 8.07. The topological polar surface area (TPSA) is 49.6 Å². The fraction of sp³-hybridized carbons (Fsp3) is 0.562. The van der Waals surface area contributed by atoms with Crippen molar-refractivity contribution in [1.82, 2.24) is 4.90 Å². The van der Waals surface area contributed by atoms with E-state index in [1.165, 1.54) is 0 Å². The van der Waals surface area contributed by atoms with Gasteiger partial charge in [0.1, 0.15) is 0 Å². The molecule has 0 bridgehead atoms. The minimum Gasteiger partial charge on any atom is -0.367 e. The number of piperazine rings is 1. The van der Waals surface area contributed by atoms with Gasteiger partial charge in [0.05, 0.1) is 10.7 Å². The summed E-state index contributed by atoms with van der Waals surface area (Å²) in [6.07, 6.45) is 3.64. The number of amides is 1. The highest BCUT2D eigenvalue weighted by Gasteiger charge is 2.21. The van der Waals surface area contributed by atoms with E-state index < -0.39 is 0 Å². The number of rotatable bonds is 6. The van der Waals surface area contributed by atoms with Crippen LogP contribution >= 0.6 is 11.6 Å². The molecular formula is C16H24ClN3O. The van der Waals surface area contributed by atoms with Gasteiger partial charge in [-0.25, -0.2) is 0 Å². The smallest absolute Gasteiger partial charge is 0.222 e. The molecule has 1 fully saturated rings. The lowest BCUT2D eigenvalue weighted by molar-refractivity contribution is -0.131. The van der Waals surface area contributed by atoms with E-state index in [1.54, 1.807) is 0 Å². The molecule has 1 aromatic rings. The molecule has 2 rings (SSSR count). The molecule has 1 aliphatic rings. The number of hydrogen-bond donors (Lipinski definition) is 1. The van der Waals surface area contributed by atoms with E-state index in [0.29, 0.717) is 13.0 Å². The third-order valence-electron chi connectivity index (χ3n) is 3.92. The predicted molar refractivity (Wildman–Crippen MR) is 87.8 cm³/mol. The molecule has 0 atom stereocenters. The van der Waals surface area contributed by atoms with Crippen LogP contribution in [0.25, 0.3) is 0 Å². The molecule has 116 valence electrons. The van der Waals surface area contributed by atoms with Crippen molar-refractivity contribution in [2.24, 2.45) is 5.73 Å². The second kappa shape index (κ2) is 8.25. The Bertz CT molecular complexity index is 459. The molecule has 0 saturated carbocycles. The second-order valence-electron chi connectivity index (χ2n) is 5.42. The molecule has 2 N–H and O–H groups in total. The van der Waals surface area contributed by atoms with Crippen LogP contribution in [0.5, 0.6) is 0 Å². The largest absolute Gasteiger partial charge is 0.367 e. The summed E-state index contributed by atoms with van der Waals surface area (Å²) >= 11 is 6.22. The van der Waals surface area contributed by atoms with Crippen molar-refractivity contribution in [3.8, 4) is 0 Å². The lowest BCUT2D eigenvalue weighted by Crippen LogP contribution is -2.48. The van der Waals surface area contributed by atoms with Crippen molar-refractivity contribution in [3.63, 3.8) is 0 Å². The summed E-state index contributed by atoms with van der Waals surface area (Å²) in [6.45, 7) is 3.96. The maximum absolute atomic E-state index is 12.1. The van der Waals surface area contributed by atoms with Crippen LogP contribution in [0.15, 0.2) is 24.3 Å². The van der Waals surface area contributed by atoms with Crippen LogP contribution in [0.3, 0.4) is 0 Å². The molecule has 1 aliphatic heterocycles. The Hall–Kier alpha value is -1.26. The van der Waals surface area contributed by atoms with E-state index >= 15 is 0 Å². The molecule has 0 spiro atoms. The summed E-state index contributed by atoms with van der Waals surface area (Å²) in [4.78, 5) is 16.3. The highest BCUT2D eigenvalue weighted by Crippen LogP contribution is 2.26. The highest BCUT2D eigenvalue weighted by molar-refractivity contribution is 6.33. The average molecular weight is 310 g/mol. The monoisotopic (exact) mass is 309 g/mol. The van der Waals surface area contributed by atoms with E-state index in [4.69, 9.17) is 17.3 Å². The zero-order valence-electron chi connectivity index (χ0n) is 12.4. The van der Waals surface area contributed by atoms with Crippen LogP contribution in [-0.2, 0) is 4.79 Å². The molecule has 0 aromatic heterocycles. The SMILES string of the molecule is NCCCCCC(=O)N1CCN(c2ccccc2Cl)CC1. The zero-order chi connectivity index (χ0) is 15.1. The summed E-state index contributed by atoms with van der Waals surface area (Å²) in [5, 5.41) is 0.777. The van der Waals surface area contributed by atoms with Crippen molar-refractivity contribution >= 4 is 23.2 Å². The fourth-order valence-electron chi connectivity index (χ4n) is 2.66. The van der Waals surface area contributed by atoms with Gasteiger partial charge < -0.3 is 15.5 Å². The number of nitrogens with two attached hydrogens (primary N) is 1. The van der Waals surface area contributed by atoms with E-state index in [0.717, 1.165) is 56.2 Å². The van der Waals surface area contributed by atoms with Gasteiger partial charge in [-0.3, -0.25) is 4.79 Å². The lowest BCUT2D eigenvalue weighted by atomic mass is 10.1. The van der Waals surface area contributed by atoms with E-state index in [1.807, 2.05) is 29.2 Å². The normalized spacial score (nSPS) is 15.3. The molecule has 1 amide bonds. The maximum atomic E-state index is 12.1. The molecule has 0 radical (unpaired) electrons. The second-order valence-corrected chi connectivity index (χ2v) is 5.83. The molecule has 0 unspecified atom stereocenters. The van der Waals surface area contributed by atoms with Gasteiger partial charge in [-0.05, 0) is 31.5 Å². The number of halogens is 1. The van der Waals surface area contributed by atoms with E-state index in [-0.39, 0.29) is 5.91 Å². The van der Waals surface area contributed by atoms with Gasteiger partial charge in [-0.15, -0.1) is 0 Å². The standard InChI is InChI=1S/C16H24ClN3O/c17-14-6-3-4-7-15(14)19-10-12-20(13-11-19)16(21)8-2-1-5-9-18/h3-4,6-7H,1-2,5,8-13,18H2. The molecule has 4 nitrogen and oxygen atoms in total. The molecule has 1 aromatic carbocycles. The van der Waals surface area contributed by atoms with E-state index in [2.05, 4.69) is 4.90 Å². The summed E-state index contributed by atoms with van der Waals surface area (Å²) < 4.78 is 0. The van der Waals surface area contributed by atoms with Gasteiger partial charge in [-0.1, -0.05) is 30.2 Å². The van der Waals surface area contributed by atoms with Gasteiger partial charge in [-0.2, -0.15) is 0 Å². The zero-order valence-corrected chi connectivity index (χ0v) is 13.2. The maximum Gasteiger partial charge on any atom is 0.222 e. The lowest BCUT2D eigenvalue weighted by Gasteiger charge is -2.36. The van der Waals surface area contributed by atoms with Crippen molar-refractivity contribution < 1.29 is 4.79 Å². The molecule has 1 heterocycles. The molecule has 0 aliphatic carbocycles. The molecule has 5 heteroatoms. The third-order valence-corrected chi connectivity index (χ3v) is 4.24. The molecular weight excluding hydrogens is 286 g/mol. The number of hydrogen-bond acceptors (Lipinski definition) is 3. The van der Waals surface area contributed by atoms with Crippen molar-refractivity contribution in [2.75, 3.05) is 37.6 Å². The van der Waals surface area contributed by atoms with Crippen LogP contribution in [0.1, 0.15) is 25.7 Å². The fourth-order valence-corrected chi connectivity index (χ4v) is 2.92. The number of unbranched alkanes of at least 4 members (excludes halogenated alkanes) is 2. The Kier molecular flexibility index (Phi) is 6.33. The highest BCUT2D eigenvalue weighted by atomic mass is 35.5. The Morgan fingerprint density at radius 2 is 1.81 bits per heavy atom. The first-order valence-electron chi connectivity index (χ1n) is 7.69. The van der Waals surface area contributed by atoms with E-state index in [9.17, 15) is 4.79 Å². The average Bonchev–Trinajstić information content (AvgIpc) is 2.52. The third kappa shape index (κ3) is 4.61. The van der Waals surface area contributed by atoms with Crippen LogP contribution in [0.2, 0.25) is 5.02 Å². The predicted octanol–water partition coefficient (Wildman–Crippen LogP) is 2.51. The minimum atomic E-state index is 0.269. The van der Waals surface area contributed by atoms with Crippen LogP contribution < -0.4 is 10.6 Å². The molecule has 1 saturated heterocycles. The first-order chi connectivity index (χ1) is 10.2. The van der Waals surface area contributed by atoms with Gasteiger partial charge in [0.15, 0.2) is 0 Å². The number of carbonyl (C=O) groups excluding carboxylic acids is 1. The quantitative estimate of drug-likeness (QED) is 0.821. The van der Waals surface area contributed by atoms with Crippen LogP contribution in [0.4, 0.5) is 5.69 Å². The molecule has 21 heavy (non-hydrogen) atoms. The summed E-state index contributed by atoms with van der Waals surface area (Å²) in [7, 11) is 0. The Balaban J connectivity index is 1.78.